The van der Waals surface area contributed by atoms with E-state index in [-0.39, 0.29) is 11.7 Å². The van der Waals surface area contributed by atoms with E-state index in [9.17, 15) is 9.18 Å². The number of carbonyl (C=O) groups is 1. The van der Waals surface area contributed by atoms with E-state index in [0.717, 1.165) is 27.0 Å². The van der Waals surface area contributed by atoms with Crippen LogP contribution in [0.4, 0.5) is 10.1 Å². The highest BCUT2D eigenvalue weighted by Gasteiger charge is 2.43. The van der Waals surface area contributed by atoms with Gasteiger partial charge in [0.25, 0.3) is 5.91 Å². The molecule has 1 N–H and O–H groups in total. The van der Waals surface area contributed by atoms with E-state index < -0.39 is 6.04 Å². The number of ether oxygens (including phenoxy) is 1. The van der Waals surface area contributed by atoms with Crippen molar-refractivity contribution in [1.29, 1.82) is 0 Å². The summed E-state index contributed by atoms with van der Waals surface area (Å²) in [7, 11) is 0. The molecule has 0 radical (unpaired) electrons. The molecule has 4 aromatic rings. The van der Waals surface area contributed by atoms with Gasteiger partial charge in [-0.1, -0.05) is 28.1 Å². The molecule has 0 saturated heterocycles. The van der Waals surface area contributed by atoms with Crippen LogP contribution >= 0.6 is 15.9 Å². The Balaban J connectivity index is 1.67. The minimum Gasteiger partial charge on any atom is -0.494 e. The molecule has 0 bridgehead atoms. The minimum atomic E-state index is -0.519. The second-order valence-corrected chi connectivity index (χ2v) is 8.34. The monoisotopic (exact) mass is 491 g/mol. The van der Waals surface area contributed by atoms with Crippen molar-refractivity contribution in [2.24, 2.45) is 0 Å². The molecule has 2 heterocycles. The third-order valence-electron chi connectivity index (χ3n) is 5.48. The number of H-pyrrole nitrogens is 1. The van der Waals surface area contributed by atoms with Crippen LogP contribution in [0.25, 0.3) is 11.3 Å². The van der Waals surface area contributed by atoms with E-state index in [1.165, 1.54) is 12.1 Å². The normalized spacial score (nSPS) is 15.2. The van der Waals surface area contributed by atoms with Crippen LogP contribution in [0.15, 0.2) is 77.3 Å². The standard InChI is InChI=1S/C25H19BrFN3O2/c1-2-32-20-12-6-15(7-13-20)22-21-23(29-28-22)25(31)30(19-10-8-17(26)9-11-19)24(21)16-4-3-5-18(27)14-16/h3-14,24H,2H2,1H3,(H,28,29). The number of rotatable bonds is 5. The molecule has 1 aliphatic rings. The van der Waals surface area contributed by atoms with E-state index in [2.05, 4.69) is 26.1 Å². The van der Waals surface area contributed by atoms with Crippen LogP contribution in [0.2, 0.25) is 0 Å². The number of hydrogen-bond donors (Lipinski definition) is 1. The summed E-state index contributed by atoms with van der Waals surface area (Å²) < 4.78 is 20.6. The summed E-state index contributed by atoms with van der Waals surface area (Å²) in [5, 5.41) is 7.38. The number of benzene rings is 3. The predicted molar refractivity (Wildman–Crippen MR) is 124 cm³/mol. The Morgan fingerprint density at radius 1 is 1.09 bits per heavy atom. The van der Waals surface area contributed by atoms with Crippen molar-refractivity contribution in [2.45, 2.75) is 13.0 Å². The zero-order valence-corrected chi connectivity index (χ0v) is 18.8. The maximum absolute atomic E-state index is 14.2. The molecule has 1 aromatic heterocycles. The van der Waals surface area contributed by atoms with Crippen molar-refractivity contribution >= 4 is 27.5 Å². The number of nitrogens with one attached hydrogen (secondary N) is 1. The highest BCUT2D eigenvalue weighted by Crippen LogP contribution is 2.45. The van der Waals surface area contributed by atoms with Gasteiger partial charge in [0.1, 0.15) is 17.3 Å². The van der Waals surface area contributed by atoms with Gasteiger partial charge in [-0.05, 0) is 73.2 Å². The van der Waals surface area contributed by atoms with E-state index >= 15 is 0 Å². The fourth-order valence-corrected chi connectivity index (χ4v) is 4.37. The Hall–Kier alpha value is -3.45. The minimum absolute atomic E-state index is 0.207. The lowest BCUT2D eigenvalue weighted by atomic mass is 9.95. The highest BCUT2D eigenvalue weighted by molar-refractivity contribution is 9.10. The maximum atomic E-state index is 14.2. The van der Waals surface area contributed by atoms with Crippen molar-refractivity contribution in [3.63, 3.8) is 0 Å². The molecule has 5 nitrogen and oxygen atoms in total. The lowest BCUT2D eigenvalue weighted by molar-refractivity contribution is 0.0988. The molecule has 5 rings (SSSR count). The topological polar surface area (TPSA) is 58.2 Å². The number of aromatic nitrogens is 2. The van der Waals surface area contributed by atoms with Gasteiger partial charge in [-0.15, -0.1) is 0 Å². The van der Waals surface area contributed by atoms with Crippen LogP contribution in [0, 0.1) is 5.82 Å². The smallest absolute Gasteiger partial charge is 0.277 e. The van der Waals surface area contributed by atoms with Crippen molar-refractivity contribution in [3.8, 4) is 17.0 Å². The highest BCUT2D eigenvalue weighted by atomic mass is 79.9. The van der Waals surface area contributed by atoms with Gasteiger partial charge in [0.15, 0.2) is 0 Å². The molecule has 0 saturated carbocycles. The number of aromatic amines is 1. The Bertz CT molecular complexity index is 1290. The molecule has 0 aliphatic carbocycles. The summed E-state index contributed by atoms with van der Waals surface area (Å²) >= 11 is 3.44. The first-order valence-electron chi connectivity index (χ1n) is 10.2. The summed E-state index contributed by atoms with van der Waals surface area (Å²) in [4.78, 5) is 15.1. The Morgan fingerprint density at radius 3 is 2.53 bits per heavy atom. The lowest BCUT2D eigenvalue weighted by Crippen LogP contribution is -2.29. The van der Waals surface area contributed by atoms with Gasteiger partial charge >= 0.3 is 0 Å². The Kier molecular flexibility index (Phi) is 5.27. The van der Waals surface area contributed by atoms with Gasteiger partial charge in [-0.3, -0.25) is 14.8 Å². The zero-order valence-electron chi connectivity index (χ0n) is 17.2. The van der Waals surface area contributed by atoms with Gasteiger partial charge in [0.05, 0.1) is 18.3 Å². The molecule has 0 fully saturated rings. The number of amides is 1. The van der Waals surface area contributed by atoms with Crippen LogP contribution in [0.3, 0.4) is 0 Å². The molecule has 0 spiro atoms. The summed E-state index contributed by atoms with van der Waals surface area (Å²) in [6.07, 6.45) is 0. The molecular formula is C25H19BrFN3O2. The predicted octanol–water partition coefficient (Wildman–Crippen LogP) is 6.13. The van der Waals surface area contributed by atoms with Gasteiger partial charge < -0.3 is 4.74 Å². The van der Waals surface area contributed by atoms with Crippen LogP contribution in [0.5, 0.6) is 5.75 Å². The second-order valence-electron chi connectivity index (χ2n) is 7.43. The molecule has 1 unspecified atom stereocenters. The molecule has 32 heavy (non-hydrogen) atoms. The molecule has 3 aromatic carbocycles. The number of anilines is 1. The van der Waals surface area contributed by atoms with Gasteiger partial charge in [0, 0.05) is 21.3 Å². The maximum Gasteiger partial charge on any atom is 0.277 e. The van der Waals surface area contributed by atoms with Gasteiger partial charge in [0.2, 0.25) is 0 Å². The molecular weight excluding hydrogens is 473 g/mol. The third kappa shape index (κ3) is 3.48. The average Bonchev–Trinajstić information content (AvgIpc) is 3.34. The quantitative estimate of drug-likeness (QED) is 0.365. The van der Waals surface area contributed by atoms with Crippen LogP contribution < -0.4 is 9.64 Å². The molecule has 1 amide bonds. The fourth-order valence-electron chi connectivity index (χ4n) is 4.10. The first-order valence-corrected chi connectivity index (χ1v) is 11.0. The van der Waals surface area contributed by atoms with Crippen LogP contribution in [-0.2, 0) is 0 Å². The Morgan fingerprint density at radius 2 is 1.84 bits per heavy atom. The number of hydrogen-bond acceptors (Lipinski definition) is 3. The summed E-state index contributed by atoms with van der Waals surface area (Å²) in [5.41, 5.74) is 4.03. The van der Waals surface area contributed by atoms with Gasteiger partial charge in [-0.2, -0.15) is 5.10 Å². The fraction of sp³-hybridized carbons (Fsp3) is 0.120. The van der Waals surface area contributed by atoms with E-state index in [4.69, 9.17) is 4.74 Å². The van der Waals surface area contributed by atoms with E-state index in [1.54, 1.807) is 11.0 Å². The number of carbonyl (C=O) groups excluding carboxylic acids is 1. The van der Waals surface area contributed by atoms with E-state index in [1.807, 2.05) is 61.5 Å². The lowest BCUT2D eigenvalue weighted by Gasteiger charge is -2.26. The van der Waals surface area contributed by atoms with E-state index in [0.29, 0.717) is 23.6 Å². The van der Waals surface area contributed by atoms with Crippen molar-refractivity contribution in [3.05, 3.63) is 99.9 Å². The largest absolute Gasteiger partial charge is 0.494 e. The van der Waals surface area contributed by atoms with Crippen molar-refractivity contribution < 1.29 is 13.9 Å². The summed E-state index contributed by atoms with van der Waals surface area (Å²) in [5.74, 6) is 0.198. The van der Waals surface area contributed by atoms with Crippen LogP contribution in [-0.4, -0.2) is 22.7 Å². The average molecular weight is 492 g/mol. The Labute approximate surface area is 193 Å². The summed E-state index contributed by atoms with van der Waals surface area (Å²) in [6.45, 7) is 2.51. The first kappa shape index (κ1) is 20.5. The first-order chi connectivity index (χ1) is 15.6. The molecule has 1 aliphatic heterocycles. The SMILES string of the molecule is CCOc1ccc(-c2n[nH]c3c2C(c2cccc(F)c2)N(c2ccc(Br)cc2)C3=O)cc1. The third-order valence-corrected chi connectivity index (χ3v) is 6.00. The second kappa shape index (κ2) is 8.24. The zero-order chi connectivity index (χ0) is 22.2. The number of fused-ring (bicyclic) bond motifs is 1. The molecule has 160 valence electrons. The molecule has 1 atom stereocenters. The van der Waals surface area contributed by atoms with Crippen molar-refractivity contribution in [1.82, 2.24) is 10.2 Å². The number of nitrogens with zero attached hydrogens (tertiary/aromatic N) is 2. The van der Waals surface area contributed by atoms with Crippen LogP contribution in [0.1, 0.15) is 34.6 Å². The number of halogens is 2. The summed E-state index contributed by atoms with van der Waals surface area (Å²) in [6, 6.07) is 20.9. The molecule has 7 heteroatoms. The van der Waals surface area contributed by atoms with Gasteiger partial charge in [-0.25, -0.2) is 4.39 Å². The van der Waals surface area contributed by atoms with Crippen molar-refractivity contribution in [2.75, 3.05) is 11.5 Å².